The van der Waals surface area contributed by atoms with Crippen LogP contribution in [-0.2, 0) is 23.1 Å². The lowest BCUT2D eigenvalue weighted by molar-refractivity contribution is 0.481. The van der Waals surface area contributed by atoms with Crippen LogP contribution in [0.5, 0.6) is 0 Å². The summed E-state index contributed by atoms with van der Waals surface area (Å²) in [5, 5.41) is 6.50. The zero-order valence-electron chi connectivity index (χ0n) is 17.2. The van der Waals surface area contributed by atoms with Gasteiger partial charge in [0.05, 0.1) is 4.90 Å². The van der Waals surface area contributed by atoms with Gasteiger partial charge >= 0.3 is 0 Å². The summed E-state index contributed by atoms with van der Waals surface area (Å²) >= 11 is 0. The Bertz CT molecular complexity index is 945. The van der Waals surface area contributed by atoms with Crippen LogP contribution in [0.15, 0.2) is 58.4 Å². The summed E-state index contributed by atoms with van der Waals surface area (Å²) in [5.74, 6) is 0.707. The zero-order valence-corrected chi connectivity index (χ0v) is 18.1. The molecule has 2 aromatic rings. The van der Waals surface area contributed by atoms with Crippen LogP contribution < -0.4 is 15.4 Å². The molecule has 0 spiro atoms. The largest absolute Gasteiger partial charge is 0.354 e. The Hall–Kier alpha value is -2.45. The Morgan fingerprint density at radius 2 is 1.69 bits per heavy atom. The van der Waals surface area contributed by atoms with E-state index in [2.05, 4.69) is 41.1 Å². The topological polar surface area (TPSA) is 82.6 Å². The van der Waals surface area contributed by atoms with Crippen LogP contribution in [-0.4, -0.2) is 27.5 Å². The fourth-order valence-corrected chi connectivity index (χ4v) is 3.58. The average Bonchev–Trinajstić information content (AvgIpc) is 2.69. The van der Waals surface area contributed by atoms with Gasteiger partial charge in [-0.1, -0.05) is 38.1 Å². The highest BCUT2D eigenvalue weighted by Gasteiger charge is 2.15. The van der Waals surface area contributed by atoms with Gasteiger partial charge in [0.1, 0.15) is 5.82 Å². The average molecular weight is 421 g/mol. The highest BCUT2D eigenvalue weighted by Crippen LogP contribution is 2.13. The third kappa shape index (κ3) is 7.14. The number of hydrogen-bond acceptors (Lipinski definition) is 3. The van der Waals surface area contributed by atoms with Gasteiger partial charge < -0.3 is 10.6 Å². The van der Waals surface area contributed by atoms with Crippen molar-refractivity contribution in [2.24, 2.45) is 10.9 Å². The minimum absolute atomic E-state index is 0.0201. The number of aliphatic imine (C=N–C) groups is 1. The van der Waals surface area contributed by atoms with Gasteiger partial charge in [-0.05, 0) is 48.2 Å². The Labute approximate surface area is 172 Å². The van der Waals surface area contributed by atoms with Gasteiger partial charge in [-0.3, -0.25) is 4.99 Å². The highest BCUT2D eigenvalue weighted by molar-refractivity contribution is 7.89. The van der Waals surface area contributed by atoms with Crippen molar-refractivity contribution >= 4 is 16.0 Å². The van der Waals surface area contributed by atoms with Crippen molar-refractivity contribution in [2.75, 3.05) is 7.05 Å². The molecule has 0 aliphatic heterocycles. The first-order chi connectivity index (χ1) is 13.7. The van der Waals surface area contributed by atoms with Crippen molar-refractivity contribution in [3.05, 3.63) is 65.5 Å². The summed E-state index contributed by atoms with van der Waals surface area (Å²) in [6.07, 6.45) is 0. The standard InChI is InChI=1S/C21H29FN4O2S/c1-15(2)16(3)26-21(23-4)24-13-18-8-6-10-20(12-18)29(27,28)25-14-17-7-5-9-19(22)11-17/h5-12,15-16,25H,13-14H2,1-4H3,(H2,23,24,26). The van der Waals surface area contributed by atoms with Crippen LogP contribution in [0.3, 0.4) is 0 Å². The number of nitrogens with one attached hydrogen (secondary N) is 3. The van der Waals surface area contributed by atoms with Gasteiger partial charge in [0.15, 0.2) is 5.96 Å². The monoisotopic (exact) mass is 420 g/mol. The van der Waals surface area contributed by atoms with Gasteiger partial charge in [0.2, 0.25) is 10.0 Å². The molecule has 29 heavy (non-hydrogen) atoms. The van der Waals surface area contributed by atoms with E-state index < -0.39 is 15.8 Å². The fourth-order valence-electron chi connectivity index (χ4n) is 2.49. The number of sulfonamides is 1. The number of halogens is 1. The smallest absolute Gasteiger partial charge is 0.240 e. The molecule has 0 aromatic heterocycles. The SMILES string of the molecule is CN=C(NCc1cccc(S(=O)(=O)NCc2cccc(F)c2)c1)NC(C)C(C)C. The molecule has 0 saturated carbocycles. The van der Waals surface area contributed by atoms with E-state index in [-0.39, 0.29) is 17.5 Å². The highest BCUT2D eigenvalue weighted by atomic mass is 32.2. The van der Waals surface area contributed by atoms with E-state index in [4.69, 9.17) is 0 Å². The van der Waals surface area contributed by atoms with Crippen molar-refractivity contribution in [3.8, 4) is 0 Å². The lowest BCUT2D eigenvalue weighted by Gasteiger charge is -2.20. The molecule has 1 unspecified atom stereocenters. The van der Waals surface area contributed by atoms with E-state index in [1.54, 1.807) is 31.3 Å². The predicted octanol–water partition coefficient (Wildman–Crippen LogP) is 3.01. The molecule has 0 aliphatic carbocycles. The second kappa shape index (κ2) is 10.4. The molecule has 3 N–H and O–H groups in total. The number of hydrogen-bond donors (Lipinski definition) is 3. The first-order valence-corrected chi connectivity index (χ1v) is 11.0. The molecule has 2 aromatic carbocycles. The molecule has 0 amide bonds. The second-order valence-electron chi connectivity index (χ2n) is 7.20. The minimum Gasteiger partial charge on any atom is -0.354 e. The van der Waals surface area contributed by atoms with Gasteiger partial charge in [-0.25, -0.2) is 17.5 Å². The van der Waals surface area contributed by atoms with Crippen LogP contribution in [0.25, 0.3) is 0 Å². The summed E-state index contributed by atoms with van der Waals surface area (Å²) < 4.78 is 41.0. The fraction of sp³-hybridized carbons (Fsp3) is 0.381. The second-order valence-corrected chi connectivity index (χ2v) is 8.97. The molecule has 0 saturated heterocycles. The third-order valence-electron chi connectivity index (χ3n) is 4.61. The maximum Gasteiger partial charge on any atom is 0.240 e. The van der Waals surface area contributed by atoms with Gasteiger partial charge in [-0.15, -0.1) is 0 Å². The molecule has 1 atom stereocenters. The molecular formula is C21H29FN4O2S. The Morgan fingerprint density at radius 1 is 1.03 bits per heavy atom. The summed E-state index contributed by atoms with van der Waals surface area (Å²) in [5.41, 5.74) is 1.36. The molecule has 6 nitrogen and oxygen atoms in total. The van der Waals surface area contributed by atoms with E-state index >= 15 is 0 Å². The van der Waals surface area contributed by atoms with Crippen LogP contribution >= 0.6 is 0 Å². The number of nitrogens with zero attached hydrogens (tertiary/aromatic N) is 1. The van der Waals surface area contributed by atoms with Crippen LogP contribution in [0.4, 0.5) is 4.39 Å². The quantitative estimate of drug-likeness (QED) is 0.453. The maximum atomic E-state index is 13.3. The summed E-state index contributed by atoms with van der Waals surface area (Å²) in [6, 6.07) is 12.8. The van der Waals surface area contributed by atoms with E-state index in [9.17, 15) is 12.8 Å². The van der Waals surface area contributed by atoms with E-state index in [0.29, 0.717) is 24.0 Å². The van der Waals surface area contributed by atoms with Crippen molar-refractivity contribution in [2.45, 2.75) is 44.8 Å². The molecule has 0 heterocycles. The van der Waals surface area contributed by atoms with Crippen LogP contribution in [0, 0.1) is 11.7 Å². The maximum absolute atomic E-state index is 13.3. The lowest BCUT2D eigenvalue weighted by atomic mass is 10.1. The molecule has 158 valence electrons. The number of benzene rings is 2. The molecule has 0 aliphatic rings. The predicted molar refractivity (Wildman–Crippen MR) is 115 cm³/mol. The minimum atomic E-state index is -3.71. The summed E-state index contributed by atoms with van der Waals surface area (Å²) in [6.45, 7) is 6.77. The third-order valence-corrected chi connectivity index (χ3v) is 6.01. The van der Waals surface area contributed by atoms with Gasteiger partial charge in [0, 0.05) is 26.2 Å². The van der Waals surface area contributed by atoms with Gasteiger partial charge in [-0.2, -0.15) is 0 Å². The molecule has 0 radical (unpaired) electrons. The van der Waals surface area contributed by atoms with Crippen molar-refractivity contribution in [1.29, 1.82) is 0 Å². The molecular weight excluding hydrogens is 391 g/mol. The summed E-state index contributed by atoms with van der Waals surface area (Å²) in [7, 11) is -2.02. The van der Waals surface area contributed by atoms with Gasteiger partial charge in [0.25, 0.3) is 0 Å². The Morgan fingerprint density at radius 3 is 2.31 bits per heavy atom. The van der Waals surface area contributed by atoms with E-state index in [1.807, 2.05) is 6.07 Å². The number of rotatable bonds is 8. The first kappa shape index (κ1) is 22.8. The van der Waals surface area contributed by atoms with E-state index in [0.717, 1.165) is 5.56 Å². The Kier molecular flexibility index (Phi) is 8.16. The van der Waals surface area contributed by atoms with Crippen molar-refractivity contribution in [1.82, 2.24) is 15.4 Å². The normalized spacial score (nSPS) is 13.4. The van der Waals surface area contributed by atoms with Crippen LogP contribution in [0.1, 0.15) is 31.9 Å². The summed E-state index contributed by atoms with van der Waals surface area (Å²) in [4.78, 5) is 4.36. The van der Waals surface area contributed by atoms with Crippen LogP contribution in [0.2, 0.25) is 0 Å². The van der Waals surface area contributed by atoms with Crippen molar-refractivity contribution in [3.63, 3.8) is 0 Å². The number of guanidine groups is 1. The van der Waals surface area contributed by atoms with Crippen molar-refractivity contribution < 1.29 is 12.8 Å². The molecule has 8 heteroatoms. The molecule has 2 rings (SSSR count). The Balaban J connectivity index is 2.02. The molecule has 0 fully saturated rings. The van der Waals surface area contributed by atoms with E-state index in [1.165, 1.54) is 18.2 Å². The zero-order chi connectivity index (χ0) is 21.4. The lowest BCUT2D eigenvalue weighted by Crippen LogP contribution is -2.43. The first-order valence-electron chi connectivity index (χ1n) is 9.51. The molecule has 0 bridgehead atoms.